The molecule has 0 saturated heterocycles. The monoisotopic (exact) mass is 292 g/mol. The summed E-state index contributed by atoms with van der Waals surface area (Å²) in [6.07, 6.45) is 6.26. The van der Waals surface area contributed by atoms with Gasteiger partial charge in [-0.1, -0.05) is 12.8 Å². The van der Waals surface area contributed by atoms with Crippen molar-refractivity contribution < 1.29 is 4.79 Å². The molecular weight excluding hydrogens is 264 g/mol. The van der Waals surface area contributed by atoms with E-state index in [4.69, 9.17) is 5.73 Å². The van der Waals surface area contributed by atoms with Crippen LogP contribution in [0.3, 0.4) is 0 Å². The van der Waals surface area contributed by atoms with Crippen LogP contribution in [-0.4, -0.2) is 42.0 Å². The van der Waals surface area contributed by atoms with Crippen molar-refractivity contribution in [2.45, 2.75) is 39.5 Å². The molecule has 1 aromatic heterocycles. The van der Waals surface area contributed by atoms with Crippen molar-refractivity contribution in [2.75, 3.05) is 31.5 Å². The summed E-state index contributed by atoms with van der Waals surface area (Å²) in [7, 11) is 0. The quantitative estimate of drug-likeness (QED) is 0.650. The fourth-order valence-electron chi connectivity index (χ4n) is 2.19. The van der Waals surface area contributed by atoms with Crippen molar-refractivity contribution in [1.29, 1.82) is 0 Å². The summed E-state index contributed by atoms with van der Waals surface area (Å²) in [4.78, 5) is 18.2. The third-order valence-electron chi connectivity index (χ3n) is 3.49. The number of nitrogens with two attached hydrogens (primary N) is 1. The minimum Gasteiger partial charge on any atom is -0.385 e. The molecule has 5 heteroatoms. The second-order valence-corrected chi connectivity index (χ2v) is 5.04. The Morgan fingerprint density at radius 2 is 1.95 bits per heavy atom. The summed E-state index contributed by atoms with van der Waals surface area (Å²) in [5.41, 5.74) is 6.93. The zero-order chi connectivity index (χ0) is 15.5. The predicted octanol–water partition coefficient (Wildman–Crippen LogP) is 2.49. The molecule has 0 aromatic carbocycles. The first kappa shape index (κ1) is 17.4. The lowest BCUT2D eigenvalue weighted by molar-refractivity contribution is 0.0767. The fraction of sp³-hybridized carbons (Fsp3) is 0.625. The van der Waals surface area contributed by atoms with Crippen LogP contribution >= 0.6 is 0 Å². The maximum absolute atomic E-state index is 12.2. The average Bonchev–Trinajstić information content (AvgIpc) is 2.52. The summed E-state index contributed by atoms with van der Waals surface area (Å²) in [6.45, 7) is 7.05. The number of rotatable bonds is 10. The summed E-state index contributed by atoms with van der Waals surface area (Å²) in [5, 5.41) is 3.35. The number of nitrogens with one attached hydrogen (secondary N) is 1. The molecule has 3 N–H and O–H groups in total. The Morgan fingerprint density at radius 3 is 2.62 bits per heavy atom. The first-order valence-corrected chi connectivity index (χ1v) is 7.92. The topological polar surface area (TPSA) is 71.2 Å². The van der Waals surface area contributed by atoms with E-state index in [9.17, 15) is 4.79 Å². The molecule has 1 heterocycles. The Morgan fingerprint density at radius 1 is 1.24 bits per heavy atom. The molecule has 118 valence electrons. The minimum absolute atomic E-state index is 0.00778. The SMILES string of the molecule is CCN(CC)C(=O)c1cc(NCCCCCCN)ccn1. The number of carbonyl (C=O) groups is 1. The largest absolute Gasteiger partial charge is 0.385 e. The lowest BCUT2D eigenvalue weighted by Crippen LogP contribution is -2.31. The molecule has 5 nitrogen and oxygen atoms in total. The van der Waals surface area contributed by atoms with Gasteiger partial charge in [0.1, 0.15) is 5.69 Å². The van der Waals surface area contributed by atoms with Crippen LogP contribution in [-0.2, 0) is 0 Å². The fourth-order valence-corrected chi connectivity index (χ4v) is 2.19. The van der Waals surface area contributed by atoms with Gasteiger partial charge >= 0.3 is 0 Å². The number of unbranched alkanes of at least 4 members (excludes halogenated alkanes) is 3. The molecule has 0 fully saturated rings. The van der Waals surface area contributed by atoms with Gasteiger partial charge in [-0.15, -0.1) is 0 Å². The Hall–Kier alpha value is -1.62. The molecule has 0 saturated carbocycles. The number of pyridine rings is 1. The van der Waals surface area contributed by atoms with E-state index in [-0.39, 0.29) is 5.91 Å². The van der Waals surface area contributed by atoms with E-state index in [1.807, 2.05) is 26.0 Å². The van der Waals surface area contributed by atoms with Crippen LogP contribution in [0.2, 0.25) is 0 Å². The van der Waals surface area contributed by atoms with Crippen LogP contribution in [0.1, 0.15) is 50.0 Å². The molecule has 21 heavy (non-hydrogen) atoms. The van der Waals surface area contributed by atoms with Gasteiger partial charge in [-0.25, -0.2) is 0 Å². The normalized spacial score (nSPS) is 10.4. The lowest BCUT2D eigenvalue weighted by atomic mass is 10.2. The van der Waals surface area contributed by atoms with E-state index in [1.54, 1.807) is 11.1 Å². The number of nitrogens with zero attached hydrogens (tertiary/aromatic N) is 2. The smallest absolute Gasteiger partial charge is 0.272 e. The van der Waals surface area contributed by atoms with Gasteiger partial charge in [-0.2, -0.15) is 0 Å². The Kier molecular flexibility index (Phi) is 8.43. The Labute approximate surface area is 127 Å². The predicted molar refractivity (Wildman–Crippen MR) is 87.5 cm³/mol. The standard InChI is InChI=1S/C16H28N4O/c1-3-20(4-2)16(21)15-13-14(9-12-19-15)18-11-8-6-5-7-10-17/h9,12-13H,3-8,10-11,17H2,1-2H3,(H,18,19). The Bertz CT molecular complexity index is 418. The van der Waals surface area contributed by atoms with E-state index < -0.39 is 0 Å². The van der Waals surface area contributed by atoms with Gasteiger partial charge in [0.25, 0.3) is 5.91 Å². The molecule has 0 atom stereocenters. The molecule has 0 bridgehead atoms. The van der Waals surface area contributed by atoms with E-state index in [2.05, 4.69) is 10.3 Å². The third kappa shape index (κ3) is 6.12. The third-order valence-corrected chi connectivity index (χ3v) is 3.49. The molecule has 0 aliphatic rings. The van der Waals surface area contributed by atoms with Crippen LogP contribution in [0.25, 0.3) is 0 Å². The molecular formula is C16H28N4O. The molecule has 0 radical (unpaired) electrons. The maximum atomic E-state index is 12.2. The van der Waals surface area contributed by atoms with Crippen molar-refractivity contribution in [1.82, 2.24) is 9.88 Å². The van der Waals surface area contributed by atoms with Crippen LogP contribution in [0.4, 0.5) is 5.69 Å². The van der Waals surface area contributed by atoms with Gasteiger partial charge in [0.15, 0.2) is 0 Å². The molecule has 0 unspecified atom stereocenters. The number of hydrogen-bond donors (Lipinski definition) is 2. The number of aromatic nitrogens is 1. The maximum Gasteiger partial charge on any atom is 0.272 e. The van der Waals surface area contributed by atoms with Crippen molar-refractivity contribution in [3.8, 4) is 0 Å². The number of carbonyl (C=O) groups excluding carboxylic acids is 1. The highest BCUT2D eigenvalue weighted by molar-refractivity contribution is 5.93. The molecule has 0 aliphatic carbocycles. The van der Waals surface area contributed by atoms with Crippen molar-refractivity contribution >= 4 is 11.6 Å². The van der Waals surface area contributed by atoms with Crippen LogP contribution in [0.15, 0.2) is 18.3 Å². The van der Waals surface area contributed by atoms with Gasteiger partial charge in [0.2, 0.25) is 0 Å². The van der Waals surface area contributed by atoms with Crippen LogP contribution in [0, 0.1) is 0 Å². The highest BCUT2D eigenvalue weighted by atomic mass is 16.2. The first-order valence-electron chi connectivity index (χ1n) is 7.92. The molecule has 1 aromatic rings. The van der Waals surface area contributed by atoms with Crippen LogP contribution < -0.4 is 11.1 Å². The zero-order valence-electron chi connectivity index (χ0n) is 13.3. The van der Waals surface area contributed by atoms with Gasteiger partial charge in [0, 0.05) is 31.5 Å². The van der Waals surface area contributed by atoms with E-state index >= 15 is 0 Å². The first-order chi connectivity index (χ1) is 10.2. The second kappa shape index (κ2) is 10.2. The molecule has 1 amide bonds. The molecule has 0 aliphatic heterocycles. The highest BCUT2D eigenvalue weighted by Crippen LogP contribution is 2.11. The van der Waals surface area contributed by atoms with Gasteiger partial charge < -0.3 is 16.0 Å². The van der Waals surface area contributed by atoms with E-state index in [1.165, 1.54) is 12.8 Å². The van der Waals surface area contributed by atoms with Gasteiger partial charge in [0.05, 0.1) is 0 Å². The highest BCUT2D eigenvalue weighted by Gasteiger charge is 2.13. The Balaban J connectivity index is 2.47. The summed E-state index contributed by atoms with van der Waals surface area (Å²) >= 11 is 0. The van der Waals surface area contributed by atoms with E-state index in [0.29, 0.717) is 18.8 Å². The number of hydrogen-bond acceptors (Lipinski definition) is 4. The van der Waals surface area contributed by atoms with Gasteiger partial charge in [-0.05, 0) is 45.4 Å². The zero-order valence-corrected chi connectivity index (χ0v) is 13.3. The lowest BCUT2D eigenvalue weighted by Gasteiger charge is -2.18. The summed E-state index contributed by atoms with van der Waals surface area (Å²) < 4.78 is 0. The second-order valence-electron chi connectivity index (χ2n) is 5.04. The van der Waals surface area contributed by atoms with Gasteiger partial charge in [-0.3, -0.25) is 9.78 Å². The van der Waals surface area contributed by atoms with Crippen molar-refractivity contribution in [3.05, 3.63) is 24.0 Å². The summed E-state index contributed by atoms with van der Waals surface area (Å²) in [6, 6.07) is 3.74. The van der Waals surface area contributed by atoms with E-state index in [0.717, 1.165) is 31.6 Å². The number of amides is 1. The molecule has 0 spiro atoms. The molecule has 1 rings (SSSR count). The number of anilines is 1. The van der Waals surface area contributed by atoms with Crippen LogP contribution in [0.5, 0.6) is 0 Å². The summed E-state index contributed by atoms with van der Waals surface area (Å²) in [5.74, 6) is -0.00778. The minimum atomic E-state index is -0.00778. The van der Waals surface area contributed by atoms with Crippen molar-refractivity contribution in [2.24, 2.45) is 5.73 Å². The van der Waals surface area contributed by atoms with Crippen molar-refractivity contribution in [3.63, 3.8) is 0 Å². The average molecular weight is 292 g/mol.